The average Bonchev–Trinajstić information content (AvgIpc) is 2.66. The van der Waals surface area contributed by atoms with Gasteiger partial charge in [0.1, 0.15) is 4.88 Å². The topological polar surface area (TPSA) is 42.4 Å². The number of rotatable bonds is 7. The van der Waals surface area contributed by atoms with E-state index in [-0.39, 0.29) is 5.15 Å². The summed E-state index contributed by atoms with van der Waals surface area (Å²) in [6, 6.07) is 0. The number of ether oxygens (including phenoxy) is 1. The molecule has 0 atom stereocenters. The Bertz CT molecular complexity index is 344. The Labute approximate surface area is 104 Å². The van der Waals surface area contributed by atoms with Gasteiger partial charge < -0.3 is 9.64 Å². The second-order valence-corrected chi connectivity index (χ2v) is 4.41. The molecule has 0 N–H and O–H groups in total. The fourth-order valence-electron chi connectivity index (χ4n) is 1.22. The molecule has 16 heavy (non-hydrogen) atoms. The van der Waals surface area contributed by atoms with Gasteiger partial charge in [0.25, 0.3) is 0 Å². The first-order valence-corrected chi connectivity index (χ1v) is 6.36. The highest BCUT2D eigenvalue weighted by atomic mass is 35.5. The molecular formula is C10H15ClN2O2S. The smallest absolute Gasteiger partial charge is 0.187 e. The van der Waals surface area contributed by atoms with Crippen LogP contribution in [0.25, 0.3) is 0 Å². The lowest BCUT2D eigenvalue weighted by molar-refractivity contribution is 0.112. The van der Waals surface area contributed by atoms with Gasteiger partial charge in [-0.3, -0.25) is 4.79 Å². The van der Waals surface area contributed by atoms with Crippen molar-refractivity contribution in [1.29, 1.82) is 0 Å². The number of aromatic nitrogens is 1. The van der Waals surface area contributed by atoms with Gasteiger partial charge in [-0.1, -0.05) is 22.9 Å². The van der Waals surface area contributed by atoms with Crippen LogP contribution in [0.2, 0.25) is 5.15 Å². The van der Waals surface area contributed by atoms with Crippen molar-refractivity contribution < 1.29 is 9.53 Å². The van der Waals surface area contributed by atoms with Crippen molar-refractivity contribution in [3.63, 3.8) is 0 Å². The zero-order valence-electron chi connectivity index (χ0n) is 9.40. The molecule has 0 amide bonds. The Hall–Kier alpha value is -0.650. The van der Waals surface area contributed by atoms with E-state index in [9.17, 15) is 4.79 Å². The number of likely N-dealkylation sites (N-methyl/N-ethyl adjacent to an activating group) is 1. The summed E-state index contributed by atoms with van der Waals surface area (Å²) < 4.78 is 5.28. The number of halogens is 1. The molecule has 1 rings (SSSR count). The van der Waals surface area contributed by atoms with Crippen molar-refractivity contribution in [1.82, 2.24) is 4.98 Å². The number of aldehydes is 1. The molecule has 1 heterocycles. The zero-order valence-corrected chi connectivity index (χ0v) is 11.0. The molecule has 0 saturated heterocycles. The van der Waals surface area contributed by atoms with E-state index in [4.69, 9.17) is 16.3 Å². The minimum Gasteiger partial charge on any atom is -0.380 e. The normalized spacial score (nSPS) is 10.4. The van der Waals surface area contributed by atoms with Crippen LogP contribution in [0.15, 0.2) is 0 Å². The van der Waals surface area contributed by atoms with Crippen molar-refractivity contribution in [3.8, 4) is 0 Å². The maximum Gasteiger partial charge on any atom is 0.187 e. The second-order valence-electron chi connectivity index (χ2n) is 3.05. The van der Waals surface area contributed by atoms with Crippen LogP contribution in [0.4, 0.5) is 5.13 Å². The summed E-state index contributed by atoms with van der Waals surface area (Å²) in [6.07, 6.45) is 0.736. The van der Waals surface area contributed by atoms with E-state index in [1.54, 1.807) is 0 Å². The van der Waals surface area contributed by atoms with E-state index in [1.807, 2.05) is 18.7 Å². The molecule has 0 aromatic carbocycles. The van der Waals surface area contributed by atoms with Gasteiger partial charge in [0.15, 0.2) is 16.6 Å². The molecular weight excluding hydrogens is 248 g/mol. The third kappa shape index (κ3) is 3.43. The Balaban J connectivity index is 2.66. The Morgan fingerprint density at radius 1 is 1.56 bits per heavy atom. The third-order valence-corrected chi connectivity index (χ3v) is 3.51. The highest BCUT2D eigenvalue weighted by Crippen LogP contribution is 2.27. The Morgan fingerprint density at radius 2 is 2.31 bits per heavy atom. The highest BCUT2D eigenvalue weighted by Gasteiger charge is 2.13. The monoisotopic (exact) mass is 262 g/mol. The van der Waals surface area contributed by atoms with Gasteiger partial charge in [-0.05, 0) is 13.8 Å². The van der Waals surface area contributed by atoms with Gasteiger partial charge in [-0.15, -0.1) is 0 Å². The number of carbonyl (C=O) groups excluding carboxylic acids is 1. The van der Waals surface area contributed by atoms with E-state index < -0.39 is 0 Å². The largest absolute Gasteiger partial charge is 0.380 e. The number of thiazole rings is 1. The molecule has 0 radical (unpaired) electrons. The minimum atomic E-state index is 0.282. The van der Waals surface area contributed by atoms with Crippen LogP contribution in [0.1, 0.15) is 23.5 Å². The van der Waals surface area contributed by atoms with Crippen LogP contribution in [-0.4, -0.2) is 37.6 Å². The van der Waals surface area contributed by atoms with E-state index in [1.165, 1.54) is 11.3 Å². The van der Waals surface area contributed by atoms with Gasteiger partial charge in [-0.25, -0.2) is 4.98 Å². The minimum absolute atomic E-state index is 0.282. The van der Waals surface area contributed by atoms with E-state index in [0.29, 0.717) is 18.1 Å². The van der Waals surface area contributed by atoms with Crippen LogP contribution in [0, 0.1) is 0 Å². The number of anilines is 1. The van der Waals surface area contributed by atoms with Gasteiger partial charge in [-0.2, -0.15) is 0 Å². The van der Waals surface area contributed by atoms with Gasteiger partial charge >= 0.3 is 0 Å². The SMILES string of the molecule is CCOCCN(CC)c1nc(Cl)c(C=O)s1. The molecule has 0 unspecified atom stereocenters. The number of hydrogen-bond acceptors (Lipinski definition) is 5. The van der Waals surface area contributed by atoms with Crippen molar-refractivity contribution >= 4 is 34.4 Å². The number of nitrogens with zero attached hydrogens (tertiary/aromatic N) is 2. The summed E-state index contributed by atoms with van der Waals surface area (Å²) in [4.78, 5) is 17.3. The fourth-order valence-corrected chi connectivity index (χ4v) is 2.37. The van der Waals surface area contributed by atoms with Gasteiger partial charge in [0, 0.05) is 19.7 Å². The number of hydrogen-bond donors (Lipinski definition) is 0. The summed E-state index contributed by atoms with van der Waals surface area (Å²) >= 11 is 7.13. The molecule has 0 fully saturated rings. The van der Waals surface area contributed by atoms with Gasteiger partial charge in [0.2, 0.25) is 0 Å². The molecule has 1 aromatic heterocycles. The second kappa shape index (κ2) is 6.83. The first-order valence-electron chi connectivity index (χ1n) is 5.17. The molecule has 1 aromatic rings. The van der Waals surface area contributed by atoms with Crippen LogP contribution < -0.4 is 4.90 Å². The summed E-state index contributed by atoms with van der Waals surface area (Å²) in [5, 5.41) is 1.05. The Morgan fingerprint density at radius 3 is 2.81 bits per heavy atom. The average molecular weight is 263 g/mol. The lowest BCUT2D eigenvalue weighted by Crippen LogP contribution is -2.26. The van der Waals surface area contributed by atoms with Gasteiger partial charge in [0.05, 0.1) is 6.61 Å². The summed E-state index contributed by atoms with van der Waals surface area (Å²) in [5.74, 6) is 0. The highest BCUT2D eigenvalue weighted by molar-refractivity contribution is 7.17. The molecule has 90 valence electrons. The molecule has 0 saturated carbocycles. The molecule has 0 aliphatic heterocycles. The molecule has 0 aliphatic rings. The fraction of sp³-hybridized carbons (Fsp3) is 0.600. The molecule has 0 bridgehead atoms. The molecule has 0 spiro atoms. The first kappa shape index (κ1) is 13.4. The quantitative estimate of drug-likeness (QED) is 0.559. The van der Waals surface area contributed by atoms with Crippen molar-refractivity contribution in [2.24, 2.45) is 0 Å². The molecule has 6 heteroatoms. The summed E-state index contributed by atoms with van der Waals surface area (Å²) in [6.45, 7) is 6.91. The molecule has 4 nitrogen and oxygen atoms in total. The zero-order chi connectivity index (χ0) is 12.0. The van der Waals surface area contributed by atoms with Crippen molar-refractivity contribution in [2.45, 2.75) is 13.8 Å². The summed E-state index contributed by atoms with van der Waals surface area (Å²) in [5.41, 5.74) is 0. The van der Waals surface area contributed by atoms with Crippen molar-refractivity contribution in [2.75, 3.05) is 31.2 Å². The van der Waals surface area contributed by atoms with Crippen LogP contribution in [0.5, 0.6) is 0 Å². The van der Waals surface area contributed by atoms with E-state index in [0.717, 1.165) is 24.5 Å². The van der Waals surface area contributed by atoms with Crippen LogP contribution >= 0.6 is 22.9 Å². The molecule has 0 aliphatic carbocycles. The van der Waals surface area contributed by atoms with Crippen LogP contribution in [-0.2, 0) is 4.74 Å². The predicted molar refractivity (Wildman–Crippen MR) is 66.9 cm³/mol. The predicted octanol–water partition coefficient (Wildman–Crippen LogP) is 2.47. The lowest BCUT2D eigenvalue weighted by atomic mass is 10.5. The maximum atomic E-state index is 10.7. The lowest BCUT2D eigenvalue weighted by Gasteiger charge is -2.19. The van der Waals surface area contributed by atoms with E-state index >= 15 is 0 Å². The standard InChI is InChI=1S/C10H15ClN2O2S/c1-3-13(5-6-15-4-2)10-12-9(11)8(7-14)16-10/h7H,3-6H2,1-2H3. The third-order valence-electron chi connectivity index (χ3n) is 2.07. The van der Waals surface area contributed by atoms with Crippen LogP contribution in [0.3, 0.4) is 0 Å². The van der Waals surface area contributed by atoms with E-state index in [2.05, 4.69) is 4.98 Å². The first-order chi connectivity index (χ1) is 7.72. The summed E-state index contributed by atoms with van der Waals surface area (Å²) in [7, 11) is 0. The van der Waals surface area contributed by atoms with Crippen molar-refractivity contribution in [3.05, 3.63) is 10.0 Å². The maximum absolute atomic E-state index is 10.7. The Kier molecular flexibility index (Phi) is 5.73. The number of carbonyl (C=O) groups is 1.